The number of hydrogen-bond donors (Lipinski definition) is 1. The van der Waals surface area contributed by atoms with Crippen molar-refractivity contribution in [2.24, 2.45) is 0 Å². The number of ether oxygens (including phenoxy) is 3. The molecule has 1 aromatic carbocycles. The number of carbonyl (C=O) groups is 1. The van der Waals surface area contributed by atoms with Crippen molar-refractivity contribution < 1.29 is 19.0 Å². The number of nitrogens with two attached hydrogens (primary N) is 1. The van der Waals surface area contributed by atoms with Crippen LogP contribution in [0, 0.1) is 0 Å². The standard InChI is InChI=1S/C18H21N5O4/c19-16-11-8-14-15(27-10-26-14)9-12(11)20-18(21-16)23-5-3-22(4-6-23)17(24)13-2-1-7-25-13/h8-9,13H,1-7,10H2,(H2,19,20,21). The van der Waals surface area contributed by atoms with Crippen molar-refractivity contribution in [1.29, 1.82) is 0 Å². The second kappa shape index (κ2) is 6.41. The Kier molecular flexibility index (Phi) is 3.89. The van der Waals surface area contributed by atoms with Gasteiger partial charge in [0, 0.05) is 44.2 Å². The minimum atomic E-state index is -0.270. The van der Waals surface area contributed by atoms with Crippen LogP contribution in [0.15, 0.2) is 12.1 Å². The van der Waals surface area contributed by atoms with Crippen LogP contribution in [0.25, 0.3) is 10.9 Å². The lowest BCUT2D eigenvalue weighted by molar-refractivity contribution is -0.141. The molecular weight excluding hydrogens is 350 g/mol. The molecule has 9 heteroatoms. The minimum Gasteiger partial charge on any atom is -0.454 e. The maximum absolute atomic E-state index is 12.5. The lowest BCUT2D eigenvalue weighted by Crippen LogP contribution is -2.51. The number of amides is 1. The highest BCUT2D eigenvalue weighted by Gasteiger charge is 2.31. The fourth-order valence-corrected chi connectivity index (χ4v) is 3.77. The fourth-order valence-electron chi connectivity index (χ4n) is 3.77. The van der Waals surface area contributed by atoms with Crippen LogP contribution in [-0.4, -0.2) is 66.5 Å². The first-order chi connectivity index (χ1) is 13.2. The molecule has 0 bridgehead atoms. The van der Waals surface area contributed by atoms with E-state index in [0.717, 1.165) is 23.7 Å². The third kappa shape index (κ3) is 2.87. The summed E-state index contributed by atoms with van der Waals surface area (Å²) in [6.07, 6.45) is 1.51. The molecule has 1 unspecified atom stereocenters. The Balaban J connectivity index is 1.34. The second-order valence-corrected chi connectivity index (χ2v) is 6.95. The van der Waals surface area contributed by atoms with E-state index in [9.17, 15) is 4.79 Å². The highest BCUT2D eigenvalue weighted by Crippen LogP contribution is 2.37. The van der Waals surface area contributed by atoms with Crippen LogP contribution in [-0.2, 0) is 9.53 Å². The summed E-state index contributed by atoms with van der Waals surface area (Å²) in [6.45, 7) is 3.45. The van der Waals surface area contributed by atoms with E-state index >= 15 is 0 Å². The molecule has 2 aromatic rings. The number of anilines is 2. The van der Waals surface area contributed by atoms with Gasteiger partial charge in [0.1, 0.15) is 11.9 Å². The van der Waals surface area contributed by atoms with Gasteiger partial charge in [0.05, 0.1) is 5.52 Å². The molecule has 5 rings (SSSR count). The van der Waals surface area contributed by atoms with Crippen molar-refractivity contribution in [1.82, 2.24) is 14.9 Å². The molecule has 1 aromatic heterocycles. The monoisotopic (exact) mass is 371 g/mol. The summed E-state index contributed by atoms with van der Waals surface area (Å²) in [7, 11) is 0. The van der Waals surface area contributed by atoms with Crippen LogP contribution in [0.2, 0.25) is 0 Å². The predicted octanol–water partition coefficient (Wildman–Crippen LogP) is 0.768. The molecule has 0 aliphatic carbocycles. The van der Waals surface area contributed by atoms with E-state index in [-0.39, 0.29) is 18.8 Å². The van der Waals surface area contributed by atoms with Gasteiger partial charge in [-0.2, -0.15) is 4.98 Å². The molecule has 142 valence electrons. The van der Waals surface area contributed by atoms with E-state index in [0.29, 0.717) is 56.1 Å². The first-order valence-electron chi connectivity index (χ1n) is 9.21. The lowest BCUT2D eigenvalue weighted by Gasteiger charge is -2.35. The molecule has 0 radical (unpaired) electrons. The Labute approximate surface area is 156 Å². The number of nitrogen functional groups attached to an aromatic ring is 1. The largest absolute Gasteiger partial charge is 0.454 e. The van der Waals surface area contributed by atoms with Gasteiger partial charge in [0.2, 0.25) is 12.7 Å². The number of nitrogens with zero attached hydrogens (tertiary/aromatic N) is 4. The van der Waals surface area contributed by atoms with Gasteiger partial charge < -0.3 is 29.7 Å². The van der Waals surface area contributed by atoms with Gasteiger partial charge in [0.15, 0.2) is 11.5 Å². The Morgan fingerprint density at radius 2 is 1.89 bits per heavy atom. The second-order valence-electron chi connectivity index (χ2n) is 6.95. The van der Waals surface area contributed by atoms with E-state index in [4.69, 9.17) is 19.9 Å². The number of hydrogen-bond acceptors (Lipinski definition) is 8. The van der Waals surface area contributed by atoms with Crippen molar-refractivity contribution in [3.05, 3.63) is 12.1 Å². The molecular formula is C18H21N5O4. The van der Waals surface area contributed by atoms with Crippen molar-refractivity contribution in [3.63, 3.8) is 0 Å². The van der Waals surface area contributed by atoms with E-state index in [2.05, 4.69) is 14.9 Å². The maximum atomic E-state index is 12.5. The van der Waals surface area contributed by atoms with Gasteiger partial charge in [-0.3, -0.25) is 4.79 Å². The highest BCUT2D eigenvalue weighted by atomic mass is 16.7. The lowest BCUT2D eigenvalue weighted by atomic mass is 10.2. The number of benzene rings is 1. The first-order valence-corrected chi connectivity index (χ1v) is 9.21. The van der Waals surface area contributed by atoms with Crippen LogP contribution in [0.4, 0.5) is 11.8 Å². The summed E-state index contributed by atoms with van der Waals surface area (Å²) < 4.78 is 16.3. The highest BCUT2D eigenvalue weighted by molar-refractivity contribution is 5.92. The van der Waals surface area contributed by atoms with E-state index in [1.165, 1.54) is 0 Å². The molecule has 9 nitrogen and oxygen atoms in total. The molecule has 3 aliphatic heterocycles. The smallest absolute Gasteiger partial charge is 0.251 e. The summed E-state index contributed by atoms with van der Waals surface area (Å²) in [4.78, 5) is 25.5. The van der Waals surface area contributed by atoms with E-state index < -0.39 is 0 Å². The molecule has 0 saturated carbocycles. The number of piperazine rings is 1. The van der Waals surface area contributed by atoms with Crippen molar-refractivity contribution >= 4 is 28.6 Å². The average Bonchev–Trinajstić information content (AvgIpc) is 3.37. The Morgan fingerprint density at radius 3 is 2.63 bits per heavy atom. The van der Waals surface area contributed by atoms with Crippen LogP contribution in [0.3, 0.4) is 0 Å². The maximum Gasteiger partial charge on any atom is 0.251 e. The predicted molar refractivity (Wildman–Crippen MR) is 97.8 cm³/mol. The Bertz CT molecular complexity index is 891. The van der Waals surface area contributed by atoms with Gasteiger partial charge in [0.25, 0.3) is 5.91 Å². The normalized spacial score (nSPS) is 21.9. The van der Waals surface area contributed by atoms with Crippen molar-refractivity contribution in [2.75, 3.05) is 50.2 Å². The number of rotatable bonds is 2. The van der Waals surface area contributed by atoms with Gasteiger partial charge in [-0.05, 0) is 18.9 Å². The molecule has 2 saturated heterocycles. The molecule has 2 N–H and O–H groups in total. The molecule has 0 spiro atoms. The summed E-state index contributed by atoms with van der Waals surface area (Å²) in [5.74, 6) is 2.40. The van der Waals surface area contributed by atoms with Crippen molar-refractivity contribution in [2.45, 2.75) is 18.9 Å². The van der Waals surface area contributed by atoms with E-state index in [1.54, 1.807) is 0 Å². The van der Waals surface area contributed by atoms with Crippen LogP contribution >= 0.6 is 0 Å². The molecule has 27 heavy (non-hydrogen) atoms. The van der Waals surface area contributed by atoms with Gasteiger partial charge in [-0.15, -0.1) is 0 Å². The van der Waals surface area contributed by atoms with Crippen LogP contribution in [0.1, 0.15) is 12.8 Å². The zero-order valence-corrected chi connectivity index (χ0v) is 14.9. The number of fused-ring (bicyclic) bond motifs is 2. The third-order valence-corrected chi connectivity index (χ3v) is 5.29. The van der Waals surface area contributed by atoms with Crippen molar-refractivity contribution in [3.8, 4) is 11.5 Å². The third-order valence-electron chi connectivity index (χ3n) is 5.29. The average molecular weight is 371 g/mol. The molecule has 1 amide bonds. The van der Waals surface area contributed by atoms with Gasteiger partial charge >= 0.3 is 0 Å². The zero-order chi connectivity index (χ0) is 18.4. The number of carbonyl (C=O) groups excluding carboxylic acids is 1. The first kappa shape index (κ1) is 16.4. The fraction of sp³-hybridized carbons (Fsp3) is 0.500. The molecule has 1 atom stereocenters. The van der Waals surface area contributed by atoms with Gasteiger partial charge in [-0.1, -0.05) is 0 Å². The summed E-state index contributed by atoms with van der Waals surface area (Å²) in [6, 6.07) is 3.64. The summed E-state index contributed by atoms with van der Waals surface area (Å²) >= 11 is 0. The number of aromatic nitrogens is 2. The summed E-state index contributed by atoms with van der Waals surface area (Å²) in [5, 5.41) is 0.746. The van der Waals surface area contributed by atoms with Crippen LogP contribution < -0.4 is 20.1 Å². The molecule has 4 heterocycles. The molecule has 3 aliphatic rings. The Morgan fingerprint density at radius 1 is 1.11 bits per heavy atom. The topological polar surface area (TPSA) is 103 Å². The quantitative estimate of drug-likeness (QED) is 0.826. The summed E-state index contributed by atoms with van der Waals surface area (Å²) in [5.41, 5.74) is 6.88. The van der Waals surface area contributed by atoms with Crippen LogP contribution in [0.5, 0.6) is 11.5 Å². The van der Waals surface area contributed by atoms with Gasteiger partial charge in [-0.25, -0.2) is 4.98 Å². The zero-order valence-electron chi connectivity index (χ0n) is 14.9. The minimum absolute atomic E-state index is 0.0961. The molecule has 2 fully saturated rings. The Hall–Kier alpha value is -2.81. The van der Waals surface area contributed by atoms with E-state index in [1.807, 2.05) is 17.0 Å². The SMILES string of the molecule is Nc1nc(N2CCN(C(=O)C3CCCO3)CC2)nc2cc3c(cc12)OCO3.